The molecule has 26 heavy (non-hydrogen) atoms. The Morgan fingerprint density at radius 1 is 0.923 bits per heavy atom. The molecule has 0 bridgehead atoms. The van der Waals surface area contributed by atoms with Crippen molar-refractivity contribution in [3.63, 3.8) is 0 Å². The fourth-order valence-electron chi connectivity index (χ4n) is 2.37. The molecule has 3 rings (SSSR count). The van der Waals surface area contributed by atoms with E-state index in [-0.39, 0.29) is 11.7 Å². The zero-order valence-corrected chi connectivity index (χ0v) is 14.4. The summed E-state index contributed by atoms with van der Waals surface area (Å²) in [6, 6.07) is 17.2. The molecule has 0 aliphatic heterocycles. The van der Waals surface area contributed by atoms with Crippen LogP contribution in [0, 0.1) is 12.7 Å². The number of halogens is 1. The highest BCUT2D eigenvalue weighted by Gasteiger charge is 2.07. The topological polar surface area (TPSA) is 66.9 Å². The van der Waals surface area contributed by atoms with Gasteiger partial charge in [-0.2, -0.15) is 0 Å². The van der Waals surface area contributed by atoms with Gasteiger partial charge in [-0.15, -0.1) is 10.2 Å². The first-order chi connectivity index (χ1) is 12.6. The average Bonchev–Trinajstić information content (AvgIpc) is 2.65. The van der Waals surface area contributed by atoms with Crippen LogP contribution in [0.15, 0.2) is 60.7 Å². The van der Waals surface area contributed by atoms with Gasteiger partial charge < -0.3 is 10.6 Å². The summed E-state index contributed by atoms with van der Waals surface area (Å²) in [5, 5.41) is 13.9. The largest absolute Gasteiger partial charge is 0.368 e. The number of nitrogens with zero attached hydrogens (tertiary/aromatic N) is 2. The van der Waals surface area contributed by atoms with Gasteiger partial charge in [0, 0.05) is 12.1 Å². The quantitative estimate of drug-likeness (QED) is 0.709. The number of hydrogen-bond donors (Lipinski definition) is 2. The van der Waals surface area contributed by atoms with Crippen molar-refractivity contribution in [1.82, 2.24) is 10.2 Å². The molecule has 3 aromatic rings. The number of benzene rings is 2. The maximum atomic E-state index is 12.9. The third kappa shape index (κ3) is 4.86. The molecule has 0 saturated heterocycles. The smallest absolute Gasteiger partial charge is 0.256 e. The molecule has 0 atom stereocenters. The number of aryl methyl sites for hydroxylation is 1. The van der Waals surface area contributed by atoms with Crippen LogP contribution in [-0.2, 0) is 6.42 Å². The third-order valence-corrected chi connectivity index (χ3v) is 3.85. The van der Waals surface area contributed by atoms with Gasteiger partial charge in [0.25, 0.3) is 5.91 Å². The van der Waals surface area contributed by atoms with Crippen LogP contribution in [0.1, 0.15) is 21.5 Å². The normalized spacial score (nSPS) is 10.4. The molecule has 2 N–H and O–H groups in total. The van der Waals surface area contributed by atoms with Crippen molar-refractivity contribution in [2.45, 2.75) is 13.3 Å². The number of hydrogen-bond acceptors (Lipinski definition) is 4. The highest BCUT2D eigenvalue weighted by Crippen LogP contribution is 2.10. The van der Waals surface area contributed by atoms with Crippen LogP contribution in [-0.4, -0.2) is 22.6 Å². The molecule has 1 aromatic heterocycles. The number of carbonyl (C=O) groups excluding carboxylic acids is 1. The van der Waals surface area contributed by atoms with E-state index in [2.05, 4.69) is 20.8 Å². The summed E-state index contributed by atoms with van der Waals surface area (Å²) in [7, 11) is 0. The molecule has 0 fully saturated rings. The van der Waals surface area contributed by atoms with Crippen molar-refractivity contribution >= 4 is 17.5 Å². The maximum Gasteiger partial charge on any atom is 0.256 e. The minimum atomic E-state index is -0.240. The van der Waals surface area contributed by atoms with E-state index in [1.54, 1.807) is 36.4 Å². The standard InChI is InChI=1S/C20H19FN4O/c1-14-2-6-16(7-3-14)20(26)23-19-11-10-18(24-25-19)22-13-12-15-4-8-17(21)9-5-15/h2-11H,12-13H2,1H3,(H,22,24)(H,23,25,26). The second kappa shape index (κ2) is 8.20. The zero-order valence-electron chi connectivity index (χ0n) is 14.4. The van der Waals surface area contributed by atoms with E-state index in [4.69, 9.17) is 0 Å². The number of amides is 1. The summed E-state index contributed by atoms with van der Waals surface area (Å²) in [6.45, 7) is 2.62. The molecule has 0 radical (unpaired) electrons. The predicted octanol–water partition coefficient (Wildman–Crippen LogP) is 3.83. The number of rotatable bonds is 6. The van der Waals surface area contributed by atoms with Gasteiger partial charge in [-0.1, -0.05) is 29.8 Å². The van der Waals surface area contributed by atoms with Crippen LogP contribution in [0.3, 0.4) is 0 Å². The Hall–Kier alpha value is -3.28. The van der Waals surface area contributed by atoms with E-state index in [0.29, 0.717) is 23.7 Å². The molecule has 132 valence electrons. The highest BCUT2D eigenvalue weighted by atomic mass is 19.1. The summed E-state index contributed by atoms with van der Waals surface area (Å²) < 4.78 is 12.9. The molecule has 1 heterocycles. The Morgan fingerprint density at radius 2 is 1.58 bits per heavy atom. The molecule has 0 spiro atoms. The van der Waals surface area contributed by atoms with Crippen molar-refractivity contribution in [2.24, 2.45) is 0 Å². The summed E-state index contributed by atoms with van der Waals surface area (Å²) in [5.74, 6) is 0.535. The lowest BCUT2D eigenvalue weighted by atomic mass is 10.1. The first kappa shape index (κ1) is 17.5. The fraction of sp³-hybridized carbons (Fsp3) is 0.150. The van der Waals surface area contributed by atoms with Crippen LogP contribution < -0.4 is 10.6 Å². The summed E-state index contributed by atoms with van der Waals surface area (Å²) in [6.07, 6.45) is 0.744. The molecule has 0 aliphatic carbocycles. The van der Waals surface area contributed by atoms with E-state index in [0.717, 1.165) is 17.5 Å². The number of carbonyl (C=O) groups is 1. The van der Waals surface area contributed by atoms with Gasteiger partial charge in [-0.05, 0) is 55.3 Å². The van der Waals surface area contributed by atoms with Gasteiger partial charge in [0.15, 0.2) is 5.82 Å². The monoisotopic (exact) mass is 350 g/mol. The SMILES string of the molecule is Cc1ccc(C(=O)Nc2ccc(NCCc3ccc(F)cc3)nn2)cc1. The van der Waals surface area contributed by atoms with Gasteiger partial charge in [0.05, 0.1) is 0 Å². The molecule has 1 amide bonds. The van der Waals surface area contributed by atoms with Gasteiger partial charge in [-0.3, -0.25) is 4.79 Å². The Labute approximate surface area is 151 Å². The number of anilines is 2. The zero-order chi connectivity index (χ0) is 18.4. The highest BCUT2D eigenvalue weighted by molar-refractivity contribution is 6.03. The van der Waals surface area contributed by atoms with Crippen LogP contribution in [0.25, 0.3) is 0 Å². The minimum Gasteiger partial charge on any atom is -0.368 e. The maximum absolute atomic E-state index is 12.9. The van der Waals surface area contributed by atoms with Crippen molar-refractivity contribution in [3.05, 3.63) is 83.2 Å². The molecule has 0 aliphatic rings. The third-order valence-electron chi connectivity index (χ3n) is 3.85. The first-order valence-electron chi connectivity index (χ1n) is 8.30. The fourth-order valence-corrected chi connectivity index (χ4v) is 2.37. The van der Waals surface area contributed by atoms with Gasteiger partial charge in [0.1, 0.15) is 11.6 Å². The Kier molecular flexibility index (Phi) is 5.53. The summed E-state index contributed by atoms with van der Waals surface area (Å²) in [4.78, 5) is 12.1. The molecular weight excluding hydrogens is 331 g/mol. The lowest BCUT2D eigenvalue weighted by molar-refractivity contribution is 0.102. The van der Waals surface area contributed by atoms with Crippen LogP contribution in [0.5, 0.6) is 0 Å². The van der Waals surface area contributed by atoms with Crippen LogP contribution in [0.4, 0.5) is 16.0 Å². The molecular formula is C20H19FN4O. The van der Waals surface area contributed by atoms with Crippen molar-refractivity contribution in [2.75, 3.05) is 17.2 Å². The Morgan fingerprint density at radius 3 is 2.23 bits per heavy atom. The van der Waals surface area contributed by atoms with Gasteiger partial charge >= 0.3 is 0 Å². The second-order valence-corrected chi connectivity index (χ2v) is 5.93. The van der Waals surface area contributed by atoms with E-state index >= 15 is 0 Å². The Bertz CT molecular complexity index is 862. The first-order valence-corrected chi connectivity index (χ1v) is 8.30. The minimum absolute atomic E-state index is 0.226. The van der Waals surface area contributed by atoms with Crippen LogP contribution >= 0.6 is 0 Å². The molecule has 6 heteroatoms. The molecule has 2 aromatic carbocycles. The summed E-state index contributed by atoms with van der Waals surface area (Å²) >= 11 is 0. The predicted molar refractivity (Wildman–Crippen MR) is 99.8 cm³/mol. The molecule has 0 saturated carbocycles. The average molecular weight is 350 g/mol. The van der Waals surface area contributed by atoms with Crippen molar-refractivity contribution in [1.29, 1.82) is 0 Å². The lowest BCUT2D eigenvalue weighted by Crippen LogP contribution is -2.14. The Balaban J connectivity index is 1.50. The van der Waals surface area contributed by atoms with E-state index in [9.17, 15) is 9.18 Å². The van der Waals surface area contributed by atoms with E-state index in [1.165, 1.54) is 12.1 Å². The van der Waals surface area contributed by atoms with Crippen LogP contribution in [0.2, 0.25) is 0 Å². The van der Waals surface area contributed by atoms with E-state index < -0.39 is 0 Å². The molecule has 0 unspecified atom stereocenters. The van der Waals surface area contributed by atoms with E-state index in [1.807, 2.05) is 19.1 Å². The number of aromatic nitrogens is 2. The molecule has 5 nitrogen and oxygen atoms in total. The van der Waals surface area contributed by atoms with Crippen molar-refractivity contribution < 1.29 is 9.18 Å². The lowest BCUT2D eigenvalue weighted by Gasteiger charge is -2.07. The second-order valence-electron chi connectivity index (χ2n) is 5.93. The summed E-state index contributed by atoms with van der Waals surface area (Å²) in [5.41, 5.74) is 2.70. The van der Waals surface area contributed by atoms with Gasteiger partial charge in [-0.25, -0.2) is 4.39 Å². The van der Waals surface area contributed by atoms with Crippen molar-refractivity contribution in [3.8, 4) is 0 Å². The van der Waals surface area contributed by atoms with Gasteiger partial charge in [0.2, 0.25) is 0 Å². The number of nitrogens with one attached hydrogen (secondary N) is 2.